The largest absolute Gasteiger partial charge is 0.508 e. The molecule has 0 amide bonds. The van der Waals surface area contributed by atoms with E-state index < -0.39 is 9.84 Å². The Kier molecular flexibility index (Phi) is 4.44. The number of phenols is 2. The third kappa shape index (κ3) is 2.47. The highest BCUT2D eigenvalue weighted by atomic mass is 32.2. The minimum absolute atomic E-state index is 0.00221. The quantitative estimate of drug-likeness (QED) is 0.857. The summed E-state index contributed by atoms with van der Waals surface area (Å²) in [6.45, 7) is 12.2. The van der Waals surface area contributed by atoms with Crippen molar-refractivity contribution in [2.45, 2.75) is 58.3 Å². The van der Waals surface area contributed by atoms with E-state index in [1.54, 1.807) is 48.5 Å². The molecule has 0 fully saturated rings. The molecule has 5 heteroatoms. The van der Waals surface area contributed by atoms with Gasteiger partial charge in [0.1, 0.15) is 11.5 Å². The van der Waals surface area contributed by atoms with Crippen LogP contribution in [-0.4, -0.2) is 18.6 Å². The third-order valence-corrected chi connectivity index (χ3v) is 7.37. The molecule has 0 spiro atoms. The molecule has 0 bridgehead atoms. The average molecular weight is 348 g/mol. The molecule has 0 saturated heterocycles. The first-order valence-corrected chi connectivity index (χ1v) is 9.25. The van der Waals surface area contributed by atoms with Crippen molar-refractivity contribution in [2.24, 2.45) is 0 Å². The average Bonchev–Trinajstić information content (AvgIpc) is 2.52. The SMILES string of the molecule is Cc1c(O)cc(S(=O)(=O)c2c(C)c(C)c(C)c(O)c2C)c(C)c1C. The first-order valence-electron chi connectivity index (χ1n) is 7.77. The summed E-state index contributed by atoms with van der Waals surface area (Å²) in [7, 11) is -3.87. The highest BCUT2D eigenvalue weighted by Gasteiger charge is 2.29. The van der Waals surface area contributed by atoms with Crippen LogP contribution >= 0.6 is 0 Å². The molecule has 0 radical (unpaired) electrons. The molecule has 2 aromatic rings. The number of phenolic OH excluding ortho intramolecular Hbond substituents is 2. The molecule has 2 N–H and O–H groups in total. The molecule has 0 aliphatic carbocycles. The van der Waals surface area contributed by atoms with Crippen LogP contribution in [0, 0.1) is 48.5 Å². The van der Waals surface area contributed by atoms with Crippen LogP contribution in [0.3, 0.4) is 0 Å². The number of aromatic hydroxyl groups is 2. The lowest BCUT2D eigenvalue weighted by atomic mass is 9.99. The zero-order chi connectivity index (χ0) is 18.6. The van der Waals surface area contributed by atoms with Gasteiger partial charge in [0.05, 0.1) is 9.79 Å². The number of hydrogen-bond donors (Lipinski definition) is 2. The molecule has 2 aromatic carbocycles. The Bertz CT molecular complexity index is 925. The van der Waals surface area contributed by atoms with Crippen LogP contribution in [0.25, 0.3) is 0 Å². The molecule has 0 aromatic heterocycles. The Balaban J connectivity index is 2.94. The van der Waals surface area contributed by atoms with Gasteiger partial charge in [0, 0.05) is 5.56 Å². The second-order valence-electron chi connectivity index (χ2n) is 6.45. The smallest absolute Gasteiger partial charge is 0.207 e. The van der Waals surface area contributed by atoms with Crippen molar-refractivity contribution >= 4 is 9.84 Å². The second-order valence-corrected chi connectivity index (χ2v) is 8.30. The Labute approximate surface area is 143 Å². The van der Waals surface area contributed by atoms with Crippen molar-refractivity contribution in [1.29, 1.82) is 0 Å². The van der Waals surface area contributed by atoms with Crippen LogP contribution in [0.1, 0.15) is 38.9 Å². The Morgan fingerprint density at radius 3 is 1.71 bits per heavy atom. The molecule has 0 unspecified atom stereocenters. The van der Waals surface area contributed by atoms with Gasteiger partial charge in [0.2, 0.25) is 9.84 Å². The normalized spacial score (nSPS) is 11.8. The van der Waals surface area contributed by atoms with Crippen LogP contribution in [0.5, 0.6) is 11.5 Å². The lowest BCUT2D eigenvalue weighted by molar-refractivity contribution is 0.462. The van der Waals surface area contributed by atoms with Crippen molar-refractivity contribution in [3.05, 3.63) is 45.0 Å². The fourth-order valence-corrected chi connectivity index (χ4v) is 5.19. The first kappa shape index (κ1) is 18.3. The van der Waals surface area contributed by atoms with Gasteiger partial charge in [0.15, 0.2) is 0 Å². The van der Waals surface area contributed by atoms with Crippen molar-refractivity contribution in [1.82, 2.24) is 0 Å². The van der Waals surface area contributed by atoms with Gasteiger partial charge in [-0.25, -0.2) is 8.42 Å². The molecule has 4 nitrogen and oxygen atoms in total. The fraction of sp³-hybridized carbons (Fsp3) is 0.368. The summed E-state index contributed by atoms with van der Waals surface area (Å²) >= 11 is 0. The van der Waals surface area contributed by atoms with Gasteiger partial charge >= 0.3 is 0 Å². The number of rotatable bonds is 2. The Hall–Kier alpha value is -2.01. The van der Waals surface area contributed by atoms with Crippen LogP contribution in [0.4, 0.5) is 0 Å². The summed E-state index contributed by atoms with van der Waals surface area (Å²) in [5.74, 6) is -0.0394. The maximum Gasteiger partial charge on any atom is 0.207 e. The summed E-state index contributed by atoms with van der Waals surface area (Å²) in [4.78, 5) is 0.200. The fourth-order valence-electron chi connectivity index (χ4n) is 3.09. The van der Waals surface area contributed by atoms with Gasteiger partial charge in [-0.15, -0.1) is 0 Å². The zero-order valence-corrected chi connectivity index (χ0v) is 16.0. The highest BCUT2D eigenvalue weighted by Crippen LogP contribution is 2.39. The summed E-state index contributed by atoms with van der Waals surface area (Å²) in [6, 6.07) is 1.30. The number of benzene rings is 2. The van der Waals surface area contributed by atoms with Gasteiger partial charge in [-0.1, -0.05) is 0 Å². The monoisotopic (exact) mass is 348 g/mol. The molecule has 0 aliphatic heterocycles. The second kappa shape index (κ2) is 5.81. The van der Waals surface area contributed by atoms with E-state index in [9.17, 15) is 18.6 Å². The van der Waals surface area contributed by atoms with Crippen LogP contribution in [0.15, 0.2) is 15.9 Å². The predicted molar refractivity (Wildman–Crippen MR) is 94.8 cm³/mol. The summed E-state index contributed by atoms with van der Waals surface area (Å²) in [5.41, 5.74) is 4.43. The minimum Gasteiger partial charge on any atom is -0.508 e. The van der Waals surface area contributed by atoms with E-state index in [0.29, 0.717) is 27.8 Å². The summed E-state index contributed by atoms with van der Waals surface area (Å²) in [6.07, 6.45) is 0. The first-order chi connectivity index (χ1) is 10.9. The van der Waals surface area contributed by atoms with Gasteiger partial charge in [-0.05, 0) is 87.9 Å². The van der Waals surface area contributed by atoms with E-state index in [1.807, 2.05) is 0 Å². The summed E-state index contributed by atoms with van der Waals surface area (Å²) < 4.78 is 26.6. The topological polar surface area (TPSA) is 74.6 Å². The van der Waals surface area contributed by atoms with Crippen LogP contribution < -0.4 is 0 Å². The lowest BCUT2D eigenvalue weighted by Gasteiger charge is -2.20. The Morgan fingerprint density at radius 1 is 0.667 bits per heavy atom. The van der Waals surface area contributed by atoms with Gasteiger partial charge in [-0.2, -0.15) is 0 Å². The molecular formula is C19H24O4S. The van der Waals surface area contributed by atoms with E-state index in [0.717, 1.165) is 11.1 Å². The van der Waals surface area contributed by atoms with Crippen molar-refractivity contribution in [2.75, 3.05) is 0 Å². The highest BCUT2D eigenvalue weighted by molar-refractivity contribution is 7.91. The molecule has 0 saturated carbocycles. The maximum atomic E-state index is 13.3. The van der Waals surface area contributed by atoms with Crippen LogP contribution in [0.2, 0.25) is 0 Å². The minimum atomic E-state index is -3.87. The predicted octanol–water partition coefficient (Wildman–Crippen LogP) is 4.09. The van der Waals surface area contributed by atoms with E-state index in [1.165, 1.54) is 6.07 Å². The number of sulfone groups is 1. The van der Waals surface area contributed by atoms with Crippen LogP contribution in [-0.2, 0) is 9.84 Å². The van der Waals surface area contributed by atoms with Gasteiger partial charge in [-0.3, -0.25) is 0 Å². The maximum absolute atomic E-state index is 13.3. The molecule has 24 heavy (non-hydrogen) atoms. The molecule has 0 heterocycles. The van der Waals surface area contributed by atoms with Gasteiger partial charge < -0.3 is 10.2 Å². The third-order valence-electron chi connectivity index (χ3n) is 5.22. The molecule has 130 valence electrons. The van der Waals surface area contributed by atoms with Crippen molar-refractivity contribution in [3.8, 4) is 11.5 Å². The van der Waals surface area contributed by atoms with E-state index in [4.69, 9.17) is 0 Å². The summed E-state index contributed by atoms with van der Waals surface area (Å²) in [5, 5.41) is 20.4. The van der Waals surface area contributed by atoms with E-state index >= 15 is 0 Å². The Morgan fingerprint density at radius 2 is 1.17 bits per heavy atom. The van der Waals surface area contributed by atoms with E-state index in [2.05, 4.69) is 0 Å². The zero-order valence-electron chi connectivity index (χ0n) is 15.2. The standard InChI is InChI=1S/C19H24O4S/c1-9-11(3)16(20)8-17(12(9)4)24(22,23)19-14(6)10(2)13(5)18(21)15(19)7/h8,20-21H,1-7H3. The molecule has 0 aliphatic rings. The van der Waals surface area contributed by atoms with Crippen molar-refractivity contribution in [3.63, 3.8) is 0 Å². The van der Waals surface area contributed by atoms with Gasteiger partial charge in [0.25, 0.3) is 0 Å². The van der Waals surface area contributed by atoms with Crippen molar-refractivity contribution < 1.29 is 18.6 Å². The lowest BCUT2D eigenvalue weighted by Crippen LogP contribution is -2.11. The molecule has 2 rings (SSSR count). The number of hydrogen-bond acceptors (Lipinski definition) is 4. The molecule has 0 atom stereocenters. The van der Waals surface area contributed by atoms with E-state index in [-0.39, 0.29) is 21.3 Å². The molecular weight excluding hydrogens is 324 g/mol.